The second-order valence-electron chi connectivity index (χ2n) is 8.39. The van der Waals surface area contributed by atoms with Crippen LogP contribution in [0.2, 0.25) is 0 Å². The number of barbiturate groups is 1. The van der Waals surface area contributed by atoms with Crippen molar-refractivity contribution < 1.29 is 23.9 Å². The first-order valence-corrected chi connectivity index (χ1v) is 13.4. The van der Waals surface area contributed by atoms with Gasteiger partial charge >= 0.3 is 6.03 Å². The van der Waals surface area contributed by atoms with Crippen molar-refractivity contribution in [3.8, 4) is 11.5 Å². The maximum absolute atomic E-state index is 13.4. The molecule has 7 nitrogen and oxygen atoms in total. The molecule has 0 saturated carbocycles. The standard InChI is InChI=1S/C28H24BrIN2O5/c1-4-36-24-14-18(13-22(30)25(24)37-15-19-7-5-6-8-21(19)29)12-20-26(33)31-28(35)32(27(20)34)23-10-9-16(2)11-17(23)3/h5-14H,4,15H2,1-3H3,(H,31,33,35)/b20-12+. The van der Waals surface area contributed by atoms with Crippen LogP contribution in [0.4, 0.5) is 10.5 Å². The van der Waals surface area contributed by atoms with Crippen LogP contribution in [0.1, 0.15) is 29.2 Å². The maximum atomic E-state index is 13.4. The average molecular weight is 675 g/mol. The quantitative estimate of drug-likeness (QED) is 0.180. The second kappa shape index (κ2) is 11.5. The van der Waals surface area contributed by atoms with Gasteiger partial charge in [-0.3, -0.25) is 14.9 Å². The van der Waals surface area contributed by atoms with Gasteiger partial charge in [-0.05, 0) is 84.8 Å². The van der Waals surface area contributed by atoms with E-state index in [4.69, 9.17) is 9.47 Å². The third-order valence-electron chi connectivity index (χ3n) is 5.67. The van der Waals surface area contributed by atoms with Crippen LogP contribution in [0.5, 0.6) is 11.5 Å². The number of nitrogens with zero attached hydrogens (tertiary/aromatic N) is 1. The molecule has 4 amide bonds. The molecule has 1 heterocycles. The van der Waals surface area contributed by atoms with Crippen LogP contribution in [0.3, 0.4) is 0 Å². The van der Waals surface area contributed by atoms with Gasteiger partial charge in [0.05, 0.1) is 15.9 Å². The van der Waals surface area contributed by atoms with Gasteiger partial charge in [-0.2, -0.15) is 0 Å². The van der Waals surface area contributed by atoms with Gasteiger partial charge in [-0.15, -0.1) is 0 Å². The van der Waals surface area contributed by atoms with Gasteiger partial charge in [0, 0.05) is 10.0 Å². The van der Waals surface area contributed by atoms with Crippen LogP contribution in [-0.2, 0) is 16.2 Å². The third kappa shape index (κ3) is 5.88. The van der Waals surface area contributed by atoms with E-state index in [-0.39, 0.29) is 5.57 Å². The van der Waals surface area contributed by atoms with Gasteiger partial charge in [-0.1, -0.05) is 51.8 Å². The van der Waals surface area contributed by atoms with Crippen LogP contribution in [0.15, 0.2) is 64.6 Å². The van der Waals surface area contributed by atoms with Crippen molar-refractivity contribution in [1.82, 2.24) is 5.32 Å². The minimum atomic E-state index is -0.778. The molecule has 0 radical (unpaired) electrons. The number of carbonyl (C=O) groups is 3. The summed E-state index contributed by atoms with van der Waals surface area (Å²) in [5.74, 6) is -0.396. The van der Waals surface area contributed by atoms with E-state index in [1.807, 2.05) is 57.2 Å². The highest BCUT2D eigenvalue weighted by Crippen LogP contribution is 2.36. The predicted molar refractivity (Wildman–Crippen MR) is 154 cm³/mol. The van der Waals surface area contributed by atoms with Gasteiger partial charge in [0.15, 0.2) is 11.5 Å². The van der Waals surface area contributed by atoms with E-state index in [9.17, 15) is 14.4 Å². The molecule has 1 aliphatic rings. The number of ether oxygens (including phenoxy) is 2. The molecular weight excluding hydrogens is 651 g/mol. The van der Waals surface area contributed by atoms with Crippen LogP contribution in [-0.4, -0.2) is 24.5 Å². The highest BCUT2D eigenvalue weighted by Gasteiger charge is 2.37. The Morgan fingerprint density at radius 2 is 1.78 bits per heavy atom. The lowest BCUT2D eigenvalue weighted by atomic mass is 10.0. The first-order chi connectivity index (χ1) is 17.7. The zero-order valence-electron chi connectivity index (χ0n) is 20.4. The number of halogens is 2. The first-order valence-electron chi connectivity index (χ1n) is 11.5. The summed E-state index contributed by atoms with van der Waals surface area (Å²) >= 11 is 5.67. The van der Waals surface area contributed by atoms with E-state index in [1.165, 1.54) is 6.08 Å². The lowest BCUT2D eigenvalue weighted by molar-refractivity contribution is -0.122. The van der Waals surface area contributed by atoms with E-state index < -0.39 is 17.8 Å². The molecule has 3 aromatic carbocycles. The second-order valence-corrected chi connectivity index (χ2v) is 10.4. The molecule has 0 spiro atoms. The molecule has 0 unspecified atom stereocenters. The molecule has 3 aromatic rings. The summed E-state index contributed by atoms with van der Waals surface area (Å²) in [6.07, 6.45) is 1.46. The molecular formula is C28H24BrIN2O5. The number of aryl methyl sites for hydroxylation is 2. The van der Waals surface area contributed by atoms with Gasteiger partial charge in [0.25, 0.3) is 11.8 Å². The van der Waals surface area contributed by atoms with Crippen LogP contribution in [0.25, 0.3) is 6.08 Å². The number of anilines is 1. The van der Waals surface area contributed by atoms with Gasteiger partial charge < -0.3 is 9.47 Å². The molecule has 1 aliphatic heterocycles. The fourth-order valence-corrected chi connectivity index (χ4v) is 5.12. The highest BCUT2D eigenvalue weighted by atomic mass is 127. The number of benzene rings is 3. The molecule has 1 N–H and O–H groups in total. The third-order valence-corrected chi connectivity index (χ3v) is 7.24. The Bertz CT molecular complexity index is 1440. The van der Waals surface area contributed by atoms with Crippen molar-refractivity contribution in [1.29, 1.82) is 0 Å². The molecule has 1 fully saturated rings. The summed E-state index contributed by atoms with van der Waals surface area (Å²) in [6.45, 7) is 6.32. The summed E-state index contributed by atoms with van der Waals surface area (Å²) in [5, 5.41) is 2.28. The van der Waals surface area contributed by atoms with Crippen LogP contribution in [0, 0.1) is 17.4 Å². The highest BCUT2D eigenvalue weighted by molar-refractivity contribution is 14.1. The van der Waals surface area contributed by atoms with E-state index in [0.717, 1.165) is 29.6 Å². The summed E-state index contributed by atoms with van der Waals surface area (Å²) in [7, 11) is 0. The molecule has 0 bridgehead atoms. The Hall–Kier alpha value is -3.18. The van der Waals surface area contributed by atoms with Crippen LogP contribution < -0.4 is 19.7 Å². The van der Waals surface area contributed by atoms with Crippen molar-refractivity contribution >= 4 is 68.1 Å². The summed E-state index contributed by atoms with van der Waals surface area (Å²) in [4.78, 5) is 39.6. The zero-order chi connectivity index (χ0) is 26.7. The number of carbonyl (C=O) groups excluding carboxylic acids is 3. The fourth-order valence-electron chi connectivity index (χ4n) is 3.94. The number of hydrogen-bond donors (Lipinski definition) is 1. The Balaban J connectivity index is 1.68. The van der Waals surface area contributed by atoms with Crippen molar-refractivity contribution in [2.45, 2.75) is 27.4 Å². The topological polar surface area (TPSA) is 84.9 Å². The minimum Gasteiger partial charge on any atom is -0.490 e. The summed E-state index contributed by atoms with van der Waals surface area (Å²) < 4.78 is 13.6. The molecule has 190 valence electrons. The summed E-state index contributed by atoms with van der Waals surface area (Å²) in [5.41, 5.74) is 3.56. The van der Waals surface area contributed by atoms with Crippen molar-refractivity contribution in [2.24, 2.45) is 0 Å². The Morgan fingerprint density at radius 3 is 2.49 bits per heavy atom. The minimum absolute atomic E-state index is 0.153. The number of imide groups is 2. The lowest BCUT2D eigenvalue weighted by Crippen LogP contribution is -2.54. The van der Waals surface area contributed by atoms with E-state index in [1.54, 1.807) is 18.2 Å². The smallest absolute Gasteiger partial charge is 0.335 e. The predicted octanol–water partition coefficient (Wildman–Crippen LogP) is 6.31. The zero-order valence-corrected chi connectivity index (χ0v) is 24.2. The van der Waals surface area contributed by atoms with Crippen molar-refractivity contribution in [3.05, 3.63) is 90.5 Å². The van der Waals surface area contributed by atoms with Crippen LogP contribution >= 0.6 is 38.5 Å². The molecule has 0 atom stereocenters. The number of rotatable bonds is 7. The van der Waals surface area contributed by atoms with Crippen molar-refractivity contribution in [2.75, 3.05) is 11.5 Å². The number of hydrogen-bond acceptors (Lipinski definition) is 5. The van der Waals surface area contributed by atoms with Gasteiger partial charge in [0.1, 0.15) is 12.2 Å². The van der Waals surface area contributed by atoms with E-state index in [0.29, 0.717) is 36.0 Å². The molecule has 37 heavy (non-hydrogen) atoms. The van der Waals surface area contributed by atoms with E-state index in [2.05, 4.69) is 43.8 Å². The fraction of sp³-hybridized carbons (Fsp3) is 0.179. The Labute approximate surface area is 237 Å². The lowest BCUT2D eigenvalue weighted by Gasteiger charge is -2.27. The molecule has 1 saturated heterocycles. The molecule has 4 rings (SSSR count). The SMILES string of the molecule is CCOc1cc(/C=C2\C(=O)NC(=O)N(c3ccc(C)cc3C)C2=O)cc(I)c1OCc1ccccc1Br. The monoisotopic (exact) mass is 674 g/mol. The van der Waals surface area contributed by atoms with Gasteiger partial charge in [0.2, 0.25) is 0 Å². The average Bonchev–Trinajstić information content (AvgIpc) is 2.83. The number of urea groups is 1. The normalized spacial score (nSPS) is 14.7. The van der Waals surface area contributed by atoms with Crippen molar-refractivity contribution in [3.63, 3.8) is 0 Å². The number of nitrogens with one attached hydrogen (secondary N) is 1. The van der Waals surface area contributed by atoms with Gasteiger partial charge in [-0.25, -0.2) is 9.69 Å². The Kier molecular flexibility index (Phi) is 8.33. The largest absolute Gasteiger partial charge is 0.490 e. The molecule has 0 aliphatic carbocycles. The maximum Gasteiger partial charge on any atom is 0.335 e. The molecule has 0 aromatic heterocycles. The number of amides is 4. The summed E-state index contributed by atoms with van der Waals surface area (Å²) in [6, 6.07) is 15.9. The molecule has 9 heteroatoms. The Morgan fingerprint density at radius 1 is 1.03 bits per heavy atom. The van der Waals surface area contributed by atoms with E-state index >= 15 is 0 Å². The first kappa shape index (κ1) is 26.9.